The molecule has 1 aliphatic heterocycles. The molecule has 0 spiro atoms. The molecule has 2 aromatic heterocycles. The molecule has 1 saturated heterocycles. The Kier molecular flexibility index (Phi) is 9.42. The van der Waals surface area contributed by atoms with Crippen LogP contribution in [0.2, 0.25) is 0 Å². The number of hydrogen-bond donors (Lipinski definition) is 3. The van der Waals surface area contributed by atoms with Gasteiger partial charge in [0.1, 0.15) is 0 Å². The number of aryl methyl sites for hydroxylation is 1. The maximum atomic E-state index is 9.55. The summed E-state index contributed by atoms with van der Waals surface area (Å²) in [5.41, 5.74) is 1.48. The van der Waals surface area contributed by atoms with Gasteiger partial charge in [-0.3, -0.25) is 0 Å². The molecule has 8 nitrogen and oxygen atoms in total. The van der Waals surface area contributed by atoms with Crippen LogP contribution in [0.3, 0.4) is 0 Å². The van der Waals surface area contributed by atoms with Gasteiger partial charge in [0.2, 0.25) is 0 Å². The molecule has 4 rings (SSSR count). The third-order valence-corrected chi connectivity index (χ3v) is 6.52. The Bertz CT molecular complexity index is 1110. The maximum absolute atomic E-state index is 9.55. The summed E-state index contributed by atoms with van der Waals surface area (Å²) in [6, 6.07) is 13.1. The van der Waals surface area contributed by atoms with Crippen LogP contribution in [-0.2, 0) is 16.0 Å². The summed E-state index contributed by atoms with van der Waals surface area (Å²) in [6.07, 6.45) is 6.43. The average molecular weight is 484 g/mol. The highest BCUT2D eigenvalue weighted by molar-refractivity contribution is 7.17. The molecule has 1 aromatic carbocycles. The van der Waals surface area contributed by atoms with Gasteiger partial charge in [-0.15, -0.1) is 11.3 Å². The molecular weight excluding hydrogens is 454 g/mol. The van der Waals surface area contributed by atoms with Crippen LogP contribution in [0.4, 0.5) is 5.82 Å². The van der Waals surface area contributed by atoms with Crippen molar-refractivity contribution in [3.05, 3.63) is 65.7 Å². The lowest BCUT2D eigenvalue weighted by molar-refractivity contribution is -0.134. The Hall–Kier alpha value is -3.43. The zero-order chi connectivity index (χ0) is 24.3. The van der Waals surface area contributed by atoms with Gasteiger partial charge < -0.3 is 25.2 Å². The van der Waals surface area contributed by atoms with Gasteiger partial charge >= 0.3 is 11.9 Å². The molecule has 0 radical (unpaired) electrons. The minimum Gasteiger partial charge on any atom is -0.493 e. The van der Waals surface area contributed by atoms with Crippen molar-refractivity contribution in [2.45, 2.75) is 25.3 Å². The Morgan fingerprint density at radius 1 is 1.21 bits per heavy atom. The van der Waals surface area contributed by atoms with Crippen LogP contribution in [0.15, 0.2) is 60.1 Å². The first kappa shape index (κ1) is 25.2. The Morgan fingerprint density at radius 3 is 2.71 bits per heavy atom. The fourth-order valence-electron chi connectivity index (χ4n) is 3.95. The van der Waals surface area contributed by atoms with Crippen molar-refractivity contribution in [1.82, 2.24) is 10.3 Å². The van der Waals surface area contributed by atoms with Crippen LogP contribution < -0.4 is 15.0 Å². The molecule has 0 bridgehead atoms. The number of ether oxygens (including phenoxy) is 1. The third kappa shape index (κ3) is 7.03. The minimum atomic E-state index is -1.26. The zero-order valence-electron chi connectivity index (χ0n) is 19.0. The van der Waals surface area contributed by atoms with Gasteiger partial charge in [0, 0.05) is 48.7 Å². The number of benzene rings is 1. The number of methoxy groups -OCH3 is 1. The highest BCUT2D eigenvalue weighted by Gasteiger charge is 2.25. The lowest BCUT2D eigenvalue weighted by Crippen LogP contribution is -2.51. The summed E-state index contributed by atoms with van der Waals surface area (Å²) in [4.78, 5) is 26.1. The minimum absolute atomic E-state index is 0.456. The molecule has 34 heavy (non-hydrogen) atoms. The number of nitrogens with one attached hydrogen (secondary N) is 1. The largest absolute Gasteiger partial charge is 0.493 e. The monoisotopic (exact) mass is 483 g/mol. The first-order valence-electron chi connectivity index (χ1n) is 11.0. The summed E-state index contributed by atoms with van der Waals surface area (Å²) < 4.78 is 6.93. The van der Waals surface area contributed by atoms with E-state index in [4.69, 9.17) is 14.9 Å². The summed E-state index contributed by atoms with van der Waals surface area (Å²) in [7, 11) is 1.72. The quantitative estimate of drug-likeness (QED) is 0.415. The summed E-state index contributed by atoms with van der Waals surface area (Å²) >= 11 is 1.85. The Labute approximate surface area is 202 Å². The van der Waals surface area contributed by atoms with Crippen LogP contribution in [0.25, 0.3) is 10.1 Å². The number of pyridine rings is 1. The number of fused-ring (bicyclic) bond motifs is 1. The summed E-state index contributed by atoms with van der Waals surface area (Å²) in [5.74, 6) is -0.675. The van der Waals surface area contributed by atoms with E-state index in [9.17, 15) is 9.59 Å². The highest BCUT2D eigenvalue weighted by atomic mass is 32.1. The van der Waals surface area contributed by atoms with E-state index in [0.717, 1.165) is 44.0 Å². The van der Waals surface area contributed by atoms with Gasteiger partial charge in [0.15, 0.2) is 11.6 Å². The van der Waals surface area contributed by atoms with Crippen LogP contribution in [0.5, 0.6) is 5.75 Å². The van der Waals surface area contributed by atoms with Gasteiger partial charge in [-0.05, 0) is 53.8 Å². The fraction of sp³-hybridized carbons (Fsp3) is 0.320. The van der Waals surface area contributed by atoms with Gasteiger partial charge in [-0.1, -0.05) is 18.2 Å². The molecular formula is C25H29N3O5S. The second-order valence-electron chi connectivity index (χ2n) is 7.74. The van der Waals surface area contributed by atoms with E-state index in [-0.39, 0.29) is 0 Å². The molecule has 1 aliphatic rings. The van der Waals surface area contributed by atoms with Crippen molar-refractivity contribution in [3.63, 3.8) is 0 Å². The van der Waals surface area contributed by atoms with Crippen molar-refractivity contribution >= 4 is 39.2 Å². The zero-order valence-corrected chi connectivity index (χ0v) is 19.8. The van der Waals surface area contributed by atoms with E-state index >= 15 is 0 Å². The van der Waals surface area contributed by atoms with E-state index in [0.29, 0.717) is 18.2 Å². The molecule has 0 aliphatic carbocycles. The van der Waals surface area contributed by atoms with Crippen molar-refractivity contribution in [1.29, 1.82) is 0 Å². The van der Waals surface area contributed by atoms with Crippen molar-refractivity contribution in [2.24, 2.45) is 0 Å². The van der Waals surface area contributed by atoms with Crippen molar-refractivity contribution in [2.75, 3.05) is 31.6 Å². The molecule has 180 valence electrons. The molecule has 3 heterocycles. The van der Waals surface area contributed by atoms with Gasteiger partial charge in [0.25, 0.3) is 0 Å². The molecule has 3 N–H and O–H groups in total. The number of carboxylic acids is 2. The number of carboxylic acid groups (broad SMARTS) is 2. The van der Waals surface area contributed by atoms with E-state index in [1.165, 1.54) is 22.1 Å². The number of nitrogens with zero attached hydrogens (tertiary/aromatic N) is 2. The normalized spacial score (nSPS) is 15.7. The lowest BCUT2D eigenvalue weighted by Gasteiger charge is -2.37. The predicted molar refractivity (Wildman–Crippen MR) is 134 cm³/mol. The molecule has 0 amide bonds. The summed E-state index contributed by atoms with van der Waals surface area (Å²) in [5, 5.41) is 22.9. The topological polar surface area (TPSA) is 112 Å². The first-order valence-corrected chi connectivity index (χ1v) is 11.9. The van der Waals surface area contributed by atoms with Crippen LogP contribution in [0.1, 0.15) is 18.4 Å². The number of carbonyl (C=O) groups is 2. The fourth-order valence-corrected chi connectivity index (χ4v) is 4.95. The average Bonchev–Trinajstić information content (AvgIpc) is 3.26. The van der Waals surface area contributed by atoms with E-state index in [2.05, 4.69) is 44.8 Å². The number of aliphatic carboxylic acids is 2. The molecule has 1 unspecified atom stereocenters. The molecule has 0 saturated carbocycles. The Morgan fingerprint density at radius 2 is 1.97 bits per heavy atom. The molecule has 3 aromatic rings. The van der Waals surface area contributed by atoms with E-state index < -0.39 is 11.9 Å². The van der Waals surface area contributed by atoms with Gasteiger partial charge in [-0.2, -0.15) is 0 Å². The van der Waals surface area contributed by atoms with Crippen molar-refractivity contribution < 1.29 is 24.5 Å². The number of hydrogen-bond acceptors (Lipinski definition) is 7. The van der Waals surface area contributed by atoms with Crippen LogP contribution in [-0.4, -0.2) is 59.9 Å². The number of rotatable bonds is 8. The van der Waals surface area contributed by atoms with Gasteiger partial charge in [0.05, 0.1) is 7.11 Å². The third-order valence-electron chi connectivity index (χ3n) is 5.51. The maximum Gasteiger partial charge on any atom is 0.328 e. The number of anilines is 1. The summed E-state index contributed by atoms with van der Waals surface area (Å²) in [6.45, 7) is 2.97. The second kappa shape index (κ2) is 12.7. The first-order chi connectivity index (χ1) is 16.5. The highest BCUT2D eigenvalue weighted by Crippen LogP contribution is 2.30. The van der Waals surface area contributed by atoms with E-state index in [1.807, 2.05) is 29.7 Å². The van der Waals surface area contributed by atoms with Crippen molar-refractivity contribution in [3.8, 4) is 5.75 Å². The molecule has 9 heteroatoms. The van der Waals surface area contributed by atoms with Gasteiger partial charge in [-0.25, -0.2) is 14.6 Å². The smallest absolute Gasteiger partial charge is 0.328 e. The van der Waals surface area contributed by atoms with E-state index in [1.54, 1.807) is 7.11 Å². The number of piperazine rings is 1. The SMILES string of the molecule is COc1cccnc1N1CCNCC1CCCc1csc2ccccc12.O=C(O)/C=C/C(=O)O. The van der Waals surface area contributed by atoms with Crippen LogP contribution >= 0.6 is 11.3 Å². The standard InChI is InChI=1S/C21H25N3OS.C4H4O4/c1-25-19-9-5-11-23-21(19)24-13-12-22-14-17(24)7-4-6-16-15-26-20-10-3-2-8-18(16)20;5-3(6)1-2-4(7)8/h2-3,5,8-11,15,17,22H,4,6-7,12-14H2,1H3;1-2H,(H,5,6)(H,7,8)/b;2-1+. The molecule has 1 atom stereocenters. The number of aromatic nitrogens is 1. The number of thiophene rings is 1. The second-order valence-corrected chi connectivity index (χ2v) is 8.65. The van der Waals surface area contributed by atoms with Crippen LogP contribution in [0, 0.1) is 0 Å². The predicted octanol–water partition coefficient (Wildman–Crippen LogP) is 3.82. The Balaban J connectivity index is 0.000000350. The molecule has 1 fully saturated rings. The lowest BCUT2D eigenvalue weighted by atomic mass is 10.0.